The molecule has 1 aromatic carbocycles. The second kappa shape index (κ2) is 7.56. The Bertz CT molecular complexity index is 625. The van der Waals surface area contributed by atoms with Gasteiger partial charge in [-0.05, 0) is 40.5 Å². The van der Waals surface area contributed by atoms with Gasteiger partial charge in [0.1, 0.15) is 5.75 Å². The van der Waals surface area contributed by atoms with Gasteiger partial charge in [0.15, 0.2) is 0 Å². The molecule has 21 heavy (non-hydrogen) atoms. The molecule has 0 unspecified atom stereocenters. The van der Waals surface area contributed by atoms with E-state index in [4.69, 9.17) is 9.47 Å². The van der Waals surface area contributed by atoms with Crippen molar-refractivity contribution in [3.8, 4) is 17.8 Å². The molecule has 0 saturated carbocycles. The van der Waals surface area contributed by atoms with Crippen LogP contribution in [0.3, 0.4) is 0 Å². The summed E-state index contributed by atoms with van der Waals surface area (Å²) in [7, 11) is 1.50. The zero-order valence-electron chi connectivity index (χ0n) is 11.6. The Morgan fingerprint density at radius 2 is 1.90 bits per heavy atom. The first kappa shape index (κ1) is 16.0. The summed E-state index contributed by atoms with van der Waals surface area (Å²) in [6.07, 6.45) is 0.961. The van der Waals surface area contributed by atoms with E-state index in [1.807, 2.05) is 18.2 Å². The fourth-order valence-electron chi connectivity index (χ4n) is 1.45. The molecule has 1 heterocycles. The first-order chi connectivity index (χ1) is 10.1. The number of nitrogens with one attached hydrogen (secondary N) is 1. The van der Waals surface area contributed by atoms with Crippen LogP contribution in [0.2, 0.25) is 0 Å². The molecule has 2 aromatic rings. The van der Waals surface area contributed by atoms with Crippen LogP contribution < -0.4 is 14.8 Å². The highest BCUT2D eigenvalue weighted by Crippen LogP contribution is 2.31. The van der Waals surface area contributed by atoms with Crippen molar-refractivity contribution in [2.45, 2.75) is 13.3 Å². The van der Waals surface area contributed by atoms with E-state index in [-0.39, 0.29) is 12.0 Å². The highest BCUT2D eigenvalue weighted by molar-refractivity contribution is 9.11. The van der Waals surface area contributed by atoms with Crippen molar-refractivity contribution in [1.29, 1.82) is 0 Å². The minimum atomic E-state index is 0.170. The van der Waals surface area contributed by atoms with Gasteiger partial charge in [0.25, 0.3) is 0 Å². The Morgan fingerprint density at radius 3 is 2.57 bits per heavy atom. The van der Waals surface area contributed by atoms with Gasteiger partial charge in [-0.2, -0.15) is 9.97 Å². The van der Waals surface area contributed by atoms with E-state index in [0.717, 1.165) is 21.9 Å². The van der Waals surface area contributed by atoms with Crippen LogP contribution in [0.25, 0.3) is 0 Å². The number of hydrogen-bond donors (Lipinski definition) is 1. The van der Waals surface area contributed by atoms with Crippen molar-refractivity contribution in [3.63, 3.8) is 0 Å². The Morgan fingerprint density at radius 1 is 1.14 bits per heavy atom. The molecule has 1 N–H and O–H groups in total. The average Bonchev–Trinajstić information content (AvgIpc) is 2.48. The Balaban J connectivity index is 2.25. The number of halogens is 2. The van der Waals surface area contributed by atoms with Gasteiger partial charge in [-0.3, -0.25) is 0 Å². The minimum Gasteiger partial charge on any atom is -0.467 e. The molecule has 0 saturated heterocycles. The lowest BCUT2D eigenvalue weighted by Crippen LogP contribution is -2.07. The third kappa shape index (κ3) is 4.53. The number of aromatic nitrogens is 3. The van der Waals surface area contributed by atoms with E-state index in [0.29, 0.717) is 11.7 Å². The molecule has 0 amide bonds. The summed E-state index contributed by atoms with van der Waals surface area (Å²) < 4.78 is 12.5. The van der Waals surface area contributed by atoms with E-state index in [9.17, 15) is 0 Å². The molecular weight excluding hydrogens is 404 g/mol. The highest BCUT2D eigenvalue weighted by atomic mass is 79.9. The number of methoxy groups -OCH3 is 1. The fraction of sp³-hybridized carbons (Fsp3) is 0.308. The molecule has 6 nitrogen and oxygen atoms in total. The van der Waals surface area contributed by atoms with Gasteiger partial charge in [-0.15, -0.1) is 4.98 Å². The minimum absolute atomic E-state index is 0.170. The number of benzene rings is 1. The molecule has 8 heteroatoms. The summed E-state index contributed by atoms with van der Waals surface area (Å²) in [4.78, 5) is 12.4. The fourth-order valence-corrected chi connectivity index (χ4v) is 2.58. The highest BCUT2D eigenvalue weighted by Gasteiger charge is 2.10. The van der Waals surface area contributed by atoms with Crippen LogP contribution in [0.4, 0.5) is 5.95 Å². The van der Waals surface area contributed by atoms with Gasteiger partial charge in [-0.1, -0.05) is 22.9 Å². The summed E-state index contributed by atoms with van der Waals surface area (Å²) in [6, 6.07) is 5.93. The number of ether oxygens (including phenoxy) is 2. The van der Waals surface area contributed by atoms with Crippen molar-refractivity contribution in [2.24, 2.45) is 0 Å². The van der Waals surface area contributed by atoms with Crippen molar-refractivity contribution in [1.82, 2.24) is 15.0 Å². The number of nitrogens with zero attached hydrogens (tertiary/aromatic N) is 3. The first-order valence-electron chi connectivity index (χ1n) is 6.29. The predicted octanol–water partition coefficient (Wildman–Crippen LogP) is 4.02. The molecule has 0 aliphatic rings. The van der Waals surface area contributed by atoms with Gasteiger partial charge >= 0.3 is 12.0 Å². The van der Waals surface area contributed by atoms with E-state index in [1.165, 1.54) is 7.11 Å². The summed E-state index contributed by atoms with van der Waals surface area (Å²) in [5.41, 5.74) is 0. The van der Waals surface area contributed by atoms with Crippen LogP contribution in [0.1, 0.15) is 13.3 Å². The lowest BCUT2D eigenvalue weighted by Gasteiger charge is -2.09. The van der Waals surface area contributed by atoms with E-state index < -0.39 is 0 Å². The van der Waals surface area contributed by atoms with Gasteiger partial charge in [0.05, 0.1) is 11.6 Å². The van der Waals surface area contributed by atoms with Crippen LogP contribution in [-0.4, -0.2) is 28.6 Å². The standard InChI is InChI=1S/C13H14Br2N4O2/c1-3-6-16-11-17-12(20-2)19-13(18-11)21-10-5-4-8(14)7-9(10)15/h4-5,7H,3,6H2,1-2H3,(H,16,17,18,19). The number of anilines is 1. The molecule has 1 aromatic heterocycles. The monoisotopic (exact) mass is 416 g/mol. The lowest BCUT2D eigenvalue weighted by atomic mass is 10.3. The zero-order chi connectivity index (χ0) is 15.2. The molecule has 2 rings (SSSR count). The SMILES string of the molecule is CCCNc1nc(OC)nc(Oc2ccc(Br)cc2Br)n1. The van der Waals surface area contributed by atoms with Gasteiger partial charge in [0.2, 0.25) is 5.95 Å². The van der Waals surface area contributed by atoms with E-state index in [2.05, 4.69) is 59.1 Å². The van der Waals surface area contributed by atoms with Crippen molar-refractivity contribution in [2.75, 3.05) is 19.0 Å². The predicted molar refractivity (Wildman–Crippen MR) is 87.1 cm³/mol. The molecule has 112 valence electrons. The second-order valence-corrected chi connectivity index (χ2v) is 5.80. The largest absolute Gasteiger partial charge is 0.467 e. The van der Waals surface area contributed by atoms with E-state index in [1.54, 1.807) is 0 Å². The van der Waals surface area contributed by atoms with Gasteiger partial charge < -0.3 is 14.8 Å². The summed E-state index contributed by atoms with van der Waals surface area (Å²) >= 11 is 6.82. The Kier molecular flexibility index (Phi) is 5.75. The number of rotatable bonds is 6. The Hall–Kier alpha value is -1.41. The smallest absolute Gasteiger partial charge is 0.330 e. The third-order valence-corrected chi connectivity index (χ3v) is 3.52. The van der Waals surface area contributed by atoms with Crippen LogP contribution in [0.5, 0.6) is 17.8 Å². The molecule has 0 aliphatic heterocycles. The molecule has 0 atom stereocenters. The maximum atomic E-state index is 5.68. The zero-order valence-corrected chi connectivity index (χ0v) is 14.7. The quantitative estimate of drug-likeness (QED) is 0.765. The van der Waals surface area contributed by atoms with Crippen LogP contribution in [0.15, 0.2) is 27.1 Å². The summed E-state index contributed by atoms with van der Waals surface area (Å²) in [6.45, 7) is 2.82. The second-order valence-electron chi connectivity index (χ2n) is 4.03. The van der Waals surface area contributed by atoms with Crippen LogP contribution >= 0.6 is 31.9 Å². The van der Waals surface area contributed by atoms with Crippen molar-refractivity contribution < 1.29 is 9.47 Å². The van der Waals surface area contributed by atoms with Crippen molar-refractivity contribution >= 4 is 37.8 Å². The van der Waals surface area contributed by atoms with Gasteiger partial charge in [0, 0.05) is 11.0 Å². The first-order valence-corrected chi connectivity index (χ1v) is 7.87. The van der Waals surface area contributed by atoms with Crippen LogP contribution in [-0.2, 0) is 0 Å². The van der Waals surface area contributed by atoms with Crippen LogP contribution in [0, 0.1) is 0 Å². The maximum Gasteiger partial charge on any atom is 0.330 e. The molecular formula is C13H14Br2N4O2. The Labute approximate surface area is 139 Å². The maximum absolute atomic E-state index is 5.68. The molecule has 0 spiro atoms. The van der Waals surface area contributed by atoms with Gasteiger partial charge in [-0.25, -0.2) is 0 Å². The summed E-state index contributed by atoms with van der Waals surface area (Å²) in [5, 5.41) is 3.08. The molecule has 0 fully saturated rings. The molecule has 0 aliphatic carbocycles. The average molecular weight is 418 g/mol. The topological polar surface area (TPSA) is 69.2 Å². The van der Waals surface area contributed by atoms with E-state index >= 15 is 0 Å². The third-order valence-electron chi connectivity index (χ3n) is 2.41. The van der Waals surface area contributed by atoms with Crippen molar-refractivity contribution in [3.05, 3.63) is 27.1 Å². The lowest BCUT2D eigenvalue weighted by molar-refractivity contribution is 0.359. The molecule has 0 radical (unpaired) electrons. The summed E-state index contributed by atoms with van der Waals surface area (Å²) in [5.74, 6) is 1.03. The number of hydrogen-bond acceptors (Lipinski definition) is 6. The normalized spacial score (nSPS) is 10.3. The molecule has 0 bridgehead atoms.